The van der Waals surface area contributed by atoms with Crippen LogP contribution in [-0.4, -0.2) is 49.6 Å². The van der Waals surface area contributed by atoms with Crippen LogP contribution in [0.3, 0.4) is 0 Å². The van der Waals surface area contributed by atoms with Gasteiger partial charge in [-0.3, -0.25) is 0 Å². The fourth-order valence-electron chi connectivity index (χ4n) is 3.85. The second-order valence-corrected chi connectivity index (χ2v) is 7.39. The first kappa shape index (κ1) is 31.8. The molecule has 1 fully saturated rings. The summed E-state index contributed by atoms with van der Waals surface area (Å²) < 4.78 is 14.4. The molecule has 1 aliphatic heterocycles. The molecule has 1 aliphatic rings. The van der Waals surface area contributed by atoms with Gasteiger partial charge in [0, 0.05) is 24.2 Å². The van der Waals surface area contributed by atoms with Crippen molar-refractivity contribution in [3.63, 3.8) is 0 Å². The maximum absolute atomic E-state index is 14.4. The molecule has 1 atom stereocenters. The number of nitrogens with two attached hydrogens (primary N) is 2. The standard InChI is InChI=1S/C21H24FN7O.4ClH/c1-2-29-9-3-4-12(11-29)15-10-16(28-21(24)27-15)19-17(30)6-5-14(26-19)13-7-8-25-20(23)18(13)22;;;;/h5-8,10,12,30H,2-4,9,11H2,1H3,(H2,23,25)(H2,24,27,28);4*1H. The third-order valence-corrected chi connectivity index (χ3v) is 5.44. The number of hydrogen-bond acceptors (Lipinski definition) is 8. The molecule has 0 saturated carbocycles. The predicted octanol–water partition coefficient (Wildman–Crippen LogP) is 4.50. The molecule has 34 heavy (non-hydrogen) atoms. The molecular formula is C21H28Cl4FN7O. The number of aromatic nitrogens is 4. The Morgan fingerprint density at radius 3 is 2.50 bits per heavy atom. The van der Waals surface area contributed by atoms with Gasteiger partial charge in [-0.2, -0.15) is 0 Å². The highest BCUT2D eigenvalue weighted by Crippen LogP contribution is 2.33. The molecule has 0 amide bonds. The molecule has 4 heterocycles. The van der Waals surface area contributed by atoms with Crippen LogP contribution in [0.4, 0.5) is 16.2 Å². The van der Waals surface area contributed by atoms with Crippen molar-refractivity contribution in [3.8, 4) is 28.4 Å². The van der Waals surface area contributed by atoms with Gasteiger partial charge >= 0.3 is 0 Å². The number of piperidine rings is 1. The molecule has 0 radical (unpaired) electrons. The molecular weight excluding hydrogens is 527 g/mol. The number of pyridine rings is 2. The summed E-state index contributed by atoms with van der Waals surface area (Å²) in [4.78, 5) is 19.3. The van der Waals surface area contributed by atoms with Crippen LogP contribution in [0.25, 0.3) is 22.6 Å². The second-order valence-electron chi connectivity index (χ2n) is 7.39. The van der Waals surface area contributed by atoms with Gasteiger partial charge in [-0.1, -0.05) is 6.92 Å². The fraction of sp³-hybridized carbons (Fsp3) is 0.333. The molecule has 13 heteroatoms. The van der Waals surface area contributed by atoms with Crippen molar-refractivity contribution in [2.45, 2.75) is 25.7 Å². The molecule has 8 nitrogen and oxygen atoms in total. The molecule has 3 aromatic rings. The first-order valence-corrected chi connectivity index (χ1v) is 9.93. The molecule has 1 saturated heterocycles. The Morgan fingerprint density at radius 2 is 1.79 bits per heavy atom. The van der Waals surface area contributed by atoms with Gasteiger partial charge in [-0.05, 0) is 50.2 Å². The SMILES string of the molecule is CCN1CCCC(c2cc(-c3nc(-c4ccnc(N)c4F)ccc3O)nc(N)n2)C1.Cl.Cl.Cl.Cl. The Hall–Kier alpha value is -2.17. The minimum atomic E-state index is -0.661. The normalized spacial score (nSPS) is 15.2. The van der Waals surface area contributed by atoms with Crippen LogP contribution in [0.15, 0.2) is 30.5 Å². The van der Waals surface area contributed by atoms with Crippen LogP contribution < -0.4 is 11.5 Å². The molecule has 0 aromatic carbocycles. The molecule has 0 spiro atoms. The number of likely N-dealkylation sites (tertiary alicyclic amines) is 1. The van der Waals surface area contributed by atoms with Crippen LogP contribution >= 0.6 is 49.6 Å². The van der Waals surface area contributed by atoms with Gasteiger partial charge in [0.2, 0.25) is 5.95 Å². The average Bonchev–Trinajstić information content (AvgIpc) is 2.76. The minimum Gasteiger partial charge on any atom is -0.506 e. The highest BCUT2D eigenvalue weighted by molar-refractivity contribution is 5.86. The summed E-state index contributed by atoms with van der Waals surface area (Å²) in [7, 11) is 0. The molecule has 4 rings (SSSR count). The lowest BCUT2D eigenvalue weighted by Crippen LogP contribution is -2.34. The molecule has 0 bridgehead atoms. The summed E-state index contributed by atoms with van der Waals surface area (Å²) in [6.45, 7) is 5.09. The van der Waals surface area contributed by atoms with Crippen molar-refractivity contribution < 1.29 is 9.50 Å². The Kier molecular flexibility index (Phi) is 12.8. The van der Waals surface area contributed by atoms with E-state index in [9.17, 15) is 9.50 Å². The van der Waals surface area contributed by atoms with E-state index in [-0.39, 0.29) is 84.3 Å². The number of hydrogen-bond donors (Lipinski definition) is 3. The van der Waals surface area contributed by atoms with Gasteiger partial charge < -0.3 is 21.5 Å². The van der Waals surface area contributed by atoms with Crippen molar-refractivity contribution in [1.29, 1.82) is 0 Å². The zero-order valence-corrected chi connectivity index (χ0v) is 21.6. The number of aromatic hydroxyl groups is 1. The van der Waals surface area contributed by atoms with E-state index in [0.29, 0.717) is 11.4 Å². The number of nitrogen functional groups attached to an aromatic ring is 2. The Bertz CT molecular complexity index is 1090. The summed E-state index contributed by atoms with van der Waals surface area (Å²) in [5.41, 5.74) is 13.5. The third kappa shape index (κ3) is 6.70. The van der Waals surface area contributed by atoms with Crippen molar-refractivity contribution in [1.82, 2.24) is 24.8 Å². The Balaban J connectivity index is 0.00000272. The lowest BCUT2D eigenvalue weighted by Gasteiger charge is -2.31. The number of likely N-dealkylation sites (N-methyl/N-ethyl adjacent to an activating group) is 1. The summed E-state index contributed by atoms with van der Waals surface area (Å²) in [6.07, 6.45) is 3.50. The maximum atomic E-state index is 14.4. The Morgan fingerprint density at radius 1 is 1.06 bits per heavy atom. The monoisotopic (exact) mass is 553 g/mol. The van der Waals surface area contributed by atoms with Crippen LogP contribution in [0.5, 0.6) is 5.75 Å². The summed E-state index contributed by atoms with van der Waals surface area (Å²) in [6, 6.07) is 6.26. The van der Waals surface area contributed by atoms with Crippen LogP contribution in [-0.2, 0) is 0 Å². The zero-order chi connectivity index (χ0) is 21.3. The fourth-order valence-corrected chi connectivity index (χ4v) is 3.85. The second kappa shape index (κ2) is 13.7. The van der Waals surface area contributed by atoms with Gasteiger partial charge in [-0.15, -0.1) is 49.6 Å². The largest absolute Gasteiger partial charge is 0.506 e. The summed E-state index contributed by atoms with van der Waals surface area (Å²) in [5.74, 6) is -0.613. The van der Waals surface area contributed by atoms with Crippen molar-refractivity contribution >= 4 is 61.4 Å². The lowest BCUT2D eigenvalue weighted by atomic mass is 9.94. The third-order valence-electron chi connectivity index (χ3n) is 5.44. The van der Waals surface area contributed by atoms with Gasteiger partial charge in [-0.25, -0.2) is 24.3 Å². The molecule has 0 aliphatic carbocycles. The molecule has 5 N–H and O–H groups in total. The lowest BCUT2D eigenvalue weighted by molar-refractivity contribution is 0.216. The van der Waals surface area contributed by atoms with Crippen molar-refractivity contribution in [3.05, 3.63) is 42.0 Å². The van der Waals surface area contributed by atoms with Gasteiger partial charge in [0.1, 0.15) is 11.4 Å². The van der Waals surface area contributed by atoms with E-state index in [2.05, 4.69) is 31.8 Å². The average molecular weight is 555 g/mol. The van der Waals surface area contributed by atoms with Crippen LogP contribution in [0.2, 0.25) is 0 Å². The predicted molar refractivity (Wildman–Crippen MR) is 142 cm³/mol. The number of anilines is 2. The highest BCUT2D eigenvalue weighted by Gasteiger charge is 2.23. The van der Waals surface area contributed by atoms with Gasteiger partial charge in [0.25, 0.3) is 0 Å². The van der Waals surface area contributed by atoms with Gasteiger partial charge in [0.05, 0.1) is 17.1 Å². The molecule has 1 unspecified atom stereocenters. The van der Waals surface area contributed by atoms with E-state index in [4.69, 9.17) is 11.5 Å². The van der Waals surface area contributed by atoms with E-state index in [1.807, 2.05) is 6.07 Å². The molecule has 188 valence electrons. The first-order chi connectivity index (χ1) is 14.5. The van der Waals surface area contributed by atoms with Crippen molar-refractivity contribution in [2.75, 3.05) is 31.1 Å². The number of rotatable bonds is 4. The summed E-state index contributed by atoms with van der Waals surface area (Å²) in [5, 5.41) is 10.4. The van der Waals surface area contributed by atoms with E-state index in [1.54, 1.807) is 0 Å². The Labute approximate surface area is 222 Å². The smallest absolute Gasteiger partial charge is 0.220 e. The number of nitrogens with zero attached hydrogens (tertiary/aromatic N) is 5. The first-order valence-electron chi connectivity index (χ1n) is 9.93. The van der Waals surface area contributed by atoms with Crippen LogP contribution in [0.1, 0.15) is 31.4 Å². The number of halogens is 5. The van der Waals surface area contributed by atoms with E-state index in [0.717, 1.165) is 38.2 Å². The quantitative estimate of drug-likeness (QED) is 0.430. The van der Waals surface area contributed by atoms with E-state index >= 15 is 0 Å². The minimum absolute atomic E-state index is 0. The highest BCUT2D eigenvalue weighted by atomic mass is 35.5. The summed E-state index contributed by atoms with van der Waals surface area (Å²) >= 11 is 0. The van der Waals surface area contributed by atoms with Crippen molar-refractivity contribution in [2.24, 2.45) is 0 Å². The maximum Gasteiger partial charge on any atom is 0.220 e. The van der Waals surface area contributed by atoms with E-state index < -0.39 is 5.82 Å². The topological polar surface area (TPSA) is 127 Å². The van der Waals surface area contributed by atoms with E-state index in [1.165, 1.54) is 24.4 Å². The van der Waals surface area contributed by atoms with Crippen LogP contribution in [0, 0.1) is 5.82 Å². The molecule has 3 aromatic heterocycles. The zero-order valence-electron chi connectivity index (χ0n) is 18.3. The van der Waals surface area contributed by atoms with Gasteiger partial charge in [0.15, 0.2) is 11.6 Å².